The fourth-order valence-corrected chi connectivity index (χ4v) is 1.69. The minimum Gasteiger partial charge on any atom is -0.497 e. The van der Waals surface area contributed by atoms with Crippen molar-refractivity contribution in [1.82, 2.24) is 0 Å². The highest BCUT2D eigenvalue weighted by molar-refractivity contribution is 5.51. The highest BCUT2D eigenvalue weighted by Gasteiger charge is 2.07. The summed E-state index contributed by atoms with van der Waals surface area (Å²) in [6.45, 7) is 10.1. The molecule has 0 aliphatic carbocycles. The Hall–Kier alpha value is -1.44. The van der Waals surface area contributed by atoms with E-state index in [1.54, 1.807) is 7.11 Å². The van der Waals surface area contributed by atoms with Crippen molar-refractivity contribution < 1.29 is 4.74 Å². The summed E-state index contributed by atoms with van der Waals surface area (Å²) in [5, 5.41) is 0. The Balaban J connectivity index is 2.86. The molecule has 2 nitrogen and oxygen atoms in total. The van der Waals surface area contributed by atoms with E-state index in [-0.39, 0.29) is 0 Å². The Bertz CT molecular complexity index is 333. The lowest BCUT2D eigenvalue weighted by Gasteiger charge is -2.25. The van der Waals surface area contributed by atoms with E-state index >= 15 is 0 Å². The molecule has 88 valence electrons. The molecule has 0 heterocycles. The third-order valence-corrected chi connectivity index (χ3v) is 2.35. The van der Waals surface area contributed by atoms with E-state index in [1.165, 1.54) is 5.69 Å². The Morgan fingerprint density at radius 1 is 1.44 bits per heavy atom. The largest absolute Gasteiger partial charge is 0.497 e. The molecule has 0 saturated carbocycles. The first kappa shape index (κ1) is 12.6. The van der Waals surface area contributed by atoms with E-state index < -0.39 is 0 Å². The van der Waals surface area contributed by atoms with Crippen LogP contribution in [0.2, 0.25) is 0 Å². The molecule has 0 spiro atoms. The fourth-order valence-electron chi connectivity index (χ4n) is 1.69. The van der Waals surface area contributed by atoms with Gasteiger partial charge in [0, 0.05) is 24.8 Å². The van der Waals surface area contributed by atoms with Crippen molar-refractivity contribution in [2.24, 2.45) is 5.92 Å². The van der Waals surface area contributed by atoms with Gasteiger partial charge in [-0.25, -0.2) is 0 Å². The molecule has 0 unspecified atom stereocenters. The molecule has 16 heavy (non-hydrogen) atoms. The molecule has 1 rings (SSSR count). The van der Waals surface area contributed by atoms with E-state index in [9.17, 15) is 0 Å². The summed E-state index contributed by atoms with van der Waals surface area (Å²) >= 11 is 0. The van der Waals surface area contributed by atoms with Gasteiger partial charge in [-0.05, 0) is 18.1 Å². The van der Waals surface area contributed by atoms with Gasteiger partial charge in [-0.3, -0.25) is 0 Å². The maximum absolute atomic E-state index is 5.24. The van der Waals surface area contributed by atoms with Gasteiger partial charge in [-0.15, -0.1) is 6.58 Å². The van der Waals surface area contributed by atoms with E-state index in [2.05, 4.69) is 37.5 Å². The van der Waals surface area contributed by atoms with Crippen molar-refractivity contribution in [2.75, 3.05) is 25.1 Å². The van der Waals surface area contributed by atoms with Crippen molar-refractivity contribution in [3.63, 3.8) is 0 Å². The van der Waals surface area contributed by atoms with Gasteiger partial charge in [0.25, 0.3) is 0 Å². The maximum atomic E-state index is 5.24. The minimum absolute atomic E-state index is 0.631. The van der Waals surface area contributed by atoms with Gasteiger partial charge in [0.1, 0.15) is 5.75 Å². The molecule has 0 fully saturated rings. The van der Waals surface area contributed by atoms with Gasteiger partial charge in [-0.2, -0.15) is 0 Å². The lowest BCUT2D eigenvalue weighted by molar-refractivity contribution is 0.414. The van der Waals surface area contributed by atoms with Crippen molar-refractivity contribution in [3.05, 3.63) is 36.9 Å². The van der Waals surface area contributed by atoms with E-state index in [4.69, 9.17) is 4.74 Å². The van der Waals surface area contributed by atoms with Crippen LogP contribution in [0.1, 0.15) is 13.8 Å². The lowest BCUT2D eigenvalue weighted by atomic mass is 10.2. The molecule has 0 amide bonds. The maximum Gasteiger partial charge on any atom is 0.120 e. The second-order valence-corrected chi connectivity index (χ2v) is 4.29. The highest BCUT2D eigenvalue weighted by Crippen LogP contribution is 2.21. The van der Waals surface area contributed by atoms with Crippen LogP contribution in [0.3, 0.4) is 0 Å². The molecule has 0 aromatic heterocycles. The first-order valence-corrected chi connectivity index (χ1v) is 5.67. The number of hydrogen-bond donors (Lipinski definition) is 0. The van der Waals surface area contributed by atoms with Crippen molar-refractivity contribution in [1.29, 1.82) is 0 Å². The first-order chi connectivity index (χ1) is 7.67. The monoisotopic (exact) mass is 219 g/mol. The number of rotatable bonds is 6. The van der Waals surface area contributed by atoms with Crippen molar-refractivity contribution in [2.45, 2.75) is 13.8 Å². The smallest absolute Gasteiger partial charge is 0.120 e. The zero-order chi connectivity index (χ0) is 12.0. The summed E-state index contributed by atoms with van der Waals surface area (Å²) in [5.41, 5.74) is 1.19. The molecule has 0 bridgehead atoms. The van der Waals surface area contributed by atoms with Gasteiger partial charge in [0.05, 0.1) is 7.11 Å². The lowest BCUT2D eigenvalue weighted by Crippen LogP contribution is -2.27. The number of ether oxygens (including phenoxy) is 1. The predicted octanol–water partition coefficient (Wildman–Crippen LogP) is 3.34. The summed E-state index contributed by atoms with van der Waals surface area (Å²) in [6, 6.07) is 8.15. The molecule has 0 radical (unpaired) electrons. The second-order valence-electron chi connectivity index (χ2n) is 4.29. The molecule has 0 aliphatic rings. The van der Waals surface area contributed by atoms with Crippen LogP contribution in [0.25, 0.3) is 0 Å². The number of benzene rings is 1. The third kappa shape index (κ3) is 3.61. The summed E-state index contributed by atoms with van der Waals surface area (Å²) in [6.07, 6.45) is 1.93. The number of anilines is 1. The van der Waals surface area contributed by atoms with Crippen LogP contribution in [0.15, 0.2) is 36.9 Å². The SMILES string of the molecule is C=CCN(CC(C)C)c1cccc(OC)c1. The molecule has 0 atom stereocenters. The predicted molar refractivity (Wildman–Crippen MR) is 70.2 cm³/mol. The molecule has 2 heteroatoms. The van der Waals surface area contributed by atoms with Crippen LogP contribution in [-0.2, 0) is 0 Å². The summed E-state index contributed by atoms with van der Waals surface area (Å²) in [7, 11) is 1.69. The van der Waals surface area contributed by atoms with Gasteiger partial charge < -0.3 is 9.64 Å². The minimum atomic E-state index is 0.631. The van der Waals surface area contributed by atoms with E-state index in [0.29, 0.717) is 5.92 Å². The summed E-state index contributed by atoms with van der Waals surface area (Å²) in [4.78, 5) is 2.31. The first-order valence-electron chi connectivity index (χ1n) is 5.67. The summed E-state index contributed by atoms with van der Waals surface area (Å²) < 4.78 is 5.24. The quantitative estimate of drug-likeness (QED) is 0.680. The number of nitrogens with zero attached hydrogens (tertiary/aromatic N) is 1. The fraction of sp³-hybridized carbons (Fsp3) is 0.429. The Morgan fingerprint density at radius 2 is 2.19 bits per heavy atom. The van der Waals surface area contributed by atoms with Gasteiger partial charge in [0.15, 0.2) is 0 Å². The molecule has 1 aromatic carbocycles. The standard InChI is InChI=1S/C14H21NO/c1-5-9-15(11-12(2)3)13-7-6-8-14(10-13)16-4/h5-8,10,12H,1,9,11H2,2-4H3. The van der Waals surface area contributed by atoms with Crippen molar-refractivity contribution in [3.8, 4) is 5.75 Å². The zero-order valence-corrected chi connectivity index (χ0v) is 10.4. The van der Waals surface area contributed by atoms with Crippen LogP contribution in [0.4, 0.5) is 5.69 Å². The Labute approximate surface area is 98.5 Å². The third-order valence-electron chi connectivity index (χ3n) is 2.35. The highest BCUT2D eigenvalue weighted by atomic mass is 16.5. The molecular formula is C14H21NO. The van der Waals surface area contributed by atoms with Crippen LogP contribution >= 0.6 is 0 Å². The normalized spacial score (nSPS) is 10.2. The van der Waals surface area contributed by atoms with Crippen LogP contribution in [0.5, 0.6) is 5.75 Å². The van der Waals surface area contributed by atoms with Crippen LogP contribution in [0, 0.1) is 5.92 Å². The molecular weight excluding hydrogens is 198 g/mol. The van der Waals surface area contributed by atoms with Crippen molar-refractivity contribution >= 4 is 5.69 Å². The molecule has 0 saturated heterocycles. The van der Waals surface area contributed by atoms with E-state index in [1.807, 2.05) is 18.2 Å². The Morgan fingerprint density at radius 3 is 2.75 bits per heavy atom. The van der Waals surface area contributed by atoms with Gasteiger partial charge in [0.2, 0.25) is 0 Å². The molecule has 0 aliphatic heterocycles. The second kappa shape index (κ2) is 6.21. The molecule has 1 aromatic rings. The van der Waals surface area contributed by atoms with Gasteiger partial charge >= 0.3 is 0 Å². The average Bonchev–Trinajstić information content (AvgIpc) is 2.28. The Kier molecular flexibility index (Phi) is 4.90. The number of methoxy groups -OCH3 is 1. The van der Waals surface area contributed by atoms with E-state index in [0.717, 1.165) is 18.8 Å². The average molecular weight is 219 g/mol. The molecule has 0 N–H and O–H groups in total. The van der Waals surface area contributed by atoms with Crippen LogP contribution < -0.4 is 9.64 Å². The number of hydrogen-bond acceptors (Lipinski definition) is 2. The van der Waals surface area contributed by atoms with Crippen LogP contribution in [-0.4, -0.2) is 20.2 Å². The zero-order valence-electron chi connectivity index (χ0n) is 10.4. The topological polar surface area (TPSA) is 12.5 Å². The summed E-state index contributed by atoms with van der Waals surface area (Å²) in [5.74, 6) is 1.53. The van der Waals surface area contributed by atoms with Gasteiger partial charge in [-0.1, -0.05) is 26.0 Å².